The maximum Gasteiger partial charge on any atom is 0.318 e. The highest BCUT2D eigenvalue weighted by molar-refractivity contribution is 7.99. The lowest BCUT2D eigenvalue weighted by molar-refractivity contribution is -0.119. The van der Waals surface area contributed by atoms with Crippen molar-refractivity contribution in [1.82, 2.24) is 25.5 Å². The van der Waals surface area contributed by atoms with Gasteiger partial charge in [0, 0.05) is 18.8 Å². The Labute approximate surface area is 119 Å². The van der Waals surface area contributed by atoms with Gasteiger partial charge in [0.1, 0.15) is 0 Å². The van der Waals surface area contributed by atoms with Crippen molar-refractivity contribution < 1.29 is 14.3 Å². The van der Waals surface area contributed by atoms with Crippen LogP contribution in [0.5, 0.6) is 0 Å². The Morgan fingerprint density at radius 2 is 2.40 bits per heavy atom. The number of nitrogens with one attached hydrogen (secondary N) is 1. The van der Waals surface area contributed by atoms with Gasteiger partial charge in [0.15, 0.2) is 0 Å². The van der Waals surface area contributed by atoms with E-state index in [4.69, 9.17) is 10.5 Å². The van der Waals surface area contributed by atoms with Crippen LogP contribution in [0.3, 0.4) is 0 Å². The minimum Gasteiger partial charge on any atom is -0.376 e. The predicted octanol–water partition coefficient (Wildman–Crippen LogP) is -0.471. The van der Waals surface area contributed by atoms with E-state index in [2.05, 4.69) is 15.5 Å². The average Bonchev–Trinajstić information content (AvgIpc) is 3.01. The van der Waals surface area contributed by atoms with Crippen molar-refractivity contribution in [3.63, 3.8) is 0 Å². The molecule has 0 aliphatic carbocycles. The van der Waals surface area contributed by atoms with Gasteiger partial charge in [-0.3, -0.25) is 10.1 Å². The summed E-state index contributed by atoms with van der Waals surface area (Å²) in [6.45, 7) is 1.39. The van der Waals surface area contributed by atoms with Gasteiger partial charge in [-0.1, -0.05) is 11.8 Å². The second kappa shape index (κ2) is 7.20. The molecule has 0 spiro atoms. The van der Waals surface area contributed by atoms with Crippen molar-refractivity contribution in [3.8, 4) is 0 Å². The lowest BCUT2D eigenvalue weighted by atomic mass is 10.2. The number of imide groups is 1. The first-order chi connectivity index (χ1) is 9.65. The number of amides is 3. The third-order valence-electron chi connectivity index (χ3n) is 2.72. The summed E-state index contributed by atoms with van der Waals surface area (Å²) in [5.74, 6) is 0.0496. The Kier molecular flexibility index (Phi) is 5.30. The van der Waals surface area contributed by atoms with Gasteiger partial charge in [-0.25, -0.2) is 9.48 Å². The van der Waals surface area contributed by atoms with Crippen LogP contribution in [0.4, 0.5) is 4.79 Å². The monoisotopic (exact) mass is 300 g/mol. The molecule has 9 nitrogen and oxygen atoms in total. The number of hydrogen-bond acceptors (Lipinski definition) is 7. The number of rotatable bonds is 6. The van der Waals surface area contributed by atoms with E-state index in [0.29, 0.717) is 17.5 Å². The van der Waals surface area contributed by atoms with Crippen molar-refractivity contribution >= 4 is 23.7 Å². The number of primary amides is 1. The van der Waals surface area contributed by atoms with Crippen molar-refractivity contribution in [3.05, 3.63) is 0 Å². The van der Waals surface area contributed by atoms with Crippen LogP contribution in [0.2, 0.25) is 0 Å². The molecule has 3 amide bonds. The third kappa shape index (κ3) is 4.46. The zero-order chi connectivity index (χ0) is 14.4. The quantitative estimate of drug-likeness (QED) is 0.680. The number of urea groups is 1. The Bertz CT molecular complexity index is 473. The van der Waals surface area contributed by atoms with Crippen LogP contribution in [0.15, 0.2) is 5.16 Å². The number of carbonyl (C=O) groups excluding carboxylic acids is 2. The zero-order valence-corrected chi connectivity index (χ0v) is 11.6. The molecule has 10 heteroatoms. The molecule has 20 heavy (non-hydrogen) atoms. The molecule has 0 aromatic carbocycles. The zero-order valence-electron chi connectivity index (χ0n) is 10.8. The fourth-order valence-corrected chi connectivity index (χ4v) is 2.65. The van der Waals surface area contributed by atoms with Crippen molar-refractivity contribution in [2.75, 3.05) is 12.4 Å². The second-order valence-electron chi connectivity index (χ2n) is 4.29. The van der Waals surface area contributed by atoms with Crippen LogP contribution in [0, 0.1) is 0 Å². The number of nitrogens with zero attached hydrogens (tertiary/aromatic N) is 4. The molecule has 2 heterocycles. The van der Waals surface area contributed by atoms with Gasteiger partial charge in [-0.05, 0) is 23.3 Å². The summed E-state index contributed by atoms with van der Waals surface area (Å²) in [4.78, 5) is 21.7. The molecule has 1 saturated heterocycles. The highest BCUT2D eigenvalue weighted by Gasteiger charge is 2.19. The number of carbonyl (C=O) groups is 2. The lowest BCUT2D eigenvalue weighted by Crippen LogP contribution is -2.35. The van der Waals surface area contributed by atoms with E-state index >= 15 is 0 Å². The fourth-order valence-electron chi connectivity index (χ4n) is 1.83. The number of nitrogens with two attached hydrogens (primary N) is 1. The number of hydrogen-bond donors (Lipinski definition) is 2. The molecule has 1 atom stereocenters. The molecule has 1 aliphatic rings. The Morgan fingerprint density at radius 1 is 1.55 bits per heavy atom. The van der Waals surface area contributed by atoms with Gasteiger partial charge < -0.3 is 10.5 Å². The molecule has 110 valence electrons. The van der Waals surface area contributed by atoms with Crippen LogP contribution in [-0.2, 0) is 16.1 Å². The van der Waals surface area contributed by atoms with Gasteiger partial charge in [0.25, 0.3) is 0 Å². The van der Waals surface area contributed by atoms with Crippen LogP contribution < -0.4 is 11.1 Å². The number of tetrazole rings is 1. The van der Waals surface area contributed by atoms with Crippen molar-refractivity contribution in [2.24, 2.45) is 5.73 Å². The van der Waals surface area contributed by atoms with Gasteiger partial charge >= 0.3 is 6.03 Å². The van der Waals surface area contributed by atoms with Gasteiger partial charge in [-0.15, -0.1) is 5.10 Å². The average molecular weight is 300 g/mol. The molecule has 0 radical (unpaired) electrons. The summed E-state index contributed by atoms with van der Waals surface area (Å²) in [6.07, 6.45) is 2.38. The largest absolute Gasteiger partial charge is 0.376 e. The minimum absolute atomic E-state index is 0.149. The van der Waals surface area contributed by atoms with Crippen molar-refractivity contribution in [2.45, 2.75) is 37.1 Å². The molecule has 2 rings (SSSR count). The molecule has 1 fully saturated rings. The Morgan fingerprint density at radius 3 is 3.10 bits per heavy atom. The maximum atomic E-state index is 11.2. The first-order valence-corrected chi connectivity index (χ1v) is 7.23. The van der Waals surface area contributed by atoms with Crippen molar-refractivity contribution in [1.29, 1.82) is 0 Å². The highest BCUT2D eigenvalue weighted by atomic mass is 32.2. The first-order valence-electron chi connectivity index (χ1n) is 6.25. The standard InChI is InChI=1S/C10H16N6O3S/c11-9(18)12-8(17)3-5-20-10-13-14-15-16(10)6-7-2-1-4-19-7/h7H,1-6H2,(H3,11,12,17,18). The normalized spacial score (nSPS) is 18.1. The Balaban J connectivity index is 1.76. The van der Waals surface area contributed by atoms with E-state index in [-0.39, 0.29) is 12.5 Å². The molecule has 1 aromatic heterocycles. The van der Waals surface area contributed by atoms with E-state index in [0.717, 1.165) is 19.4 Å². The summed E-state index contributed by atoms with van der Waals surface area (Å²) < 4.78 is 7.20. The van der Waals surface area contributed by atoms with Crippen LogP contribution in [-0.4, -0.2) is 50.6 Å². The summed E-state index contributed by atoms with van der Waals surface area (Å²) in [5.41, 5.74) is 4.85. The molecular weight excluding hydrogens is 284 g/mol. The molecule has 0 bridgehead atoms. The number of ether oxygens (including phenoxy) is 1. The van der Waals surface area contributed by atoms with Gasteiger partial charge in [-0.2, -0.15) is 0 Å². The lowest BCUT2D eigenvalue weighted by Gasteiger charge is -2.09. The summed E-state index contributed by atoms with van der Waals surface area (Å²) in [7, 11) is 0. The van der Waals surface area contributed by atoms with E-state index < -0.39 is 11.9 Å². The fraction of sp³-hybridized carbons (Fsp3) is 0.700. The highest BCUT2D eigenvalue weighted by Crippen LogP contribution is 2.18. The molecule has 1 aliphatic heterocycles. The van der Waals surface area contributed by atoms with E-state index in [1.807, 2.05) is 5.32 Å². The molecular formula is C10H16N6O3S. The minimum atomic E-state index is -0.844. The van der Waals surface area contributed by atoms with Gasteiger partial charge in [0.2, 0.25) is 11.1 Å². The molecule has 3 N–H and O–H groups in total. The third-order valence-corrected chi connectivity index (χ3v) is 3.68. The summed E-state index contributed by atoms with van der Waals surface area (Å²) >= 11 is 1.35. The maximum absolute atomic E-state index is 11.2. The number of aromatic nitrogens is 4. The van der Waals surface area contributed by atoms with E-state index in [9.17, 15) is 9.59 Å². The number of thioether (sulfide) groups is 1. The van der Waals surface area contributed by atoms with Crippen LogP contribution >= 0.6 is 11.8 Å². The molecule has 1 unspecified atom stereocenters. The van der Waals surface area contributed by atoms with E-state index in [1.165, 1.54) is 11.8 Å². The molecule has 1 aromatic rings. The summed E-state index contributed by atoms with van der Waals surface area (Å²) in [6, 6.07) is -0.844. The topological polar surface area (TPSA) is 125 Å². The van der Waals surface area contributed by atoms with E-state index in [1.54, 1.807) is 4.68 Å². The predicted molar refractivity (Wildman–Crippen MR) is 69.9 cm³/mol. The summed E-state index contributed by atoms with van der Waals surface area (Å²) in [5, 5.41) is 14.1. The second-order valence-corrected chi connectivity index (χ2v) is 5.35. The SMILES string of the molecule is NC(=O)NC(=O)CCSc1nnnn1CC1CCCO1. The van der Waals surface area contributed by atoms with Gasteiger partial charge in [0.05, 0.1) is 12.6 Å². The first kappa shape index (κ1) is 14.7. The Hall–Kier alpha value is -1.68. The van der Waals surface area contributed by atoms with Crippen LogP contribution in [0.25, 0.3) is 0 Å². The molecule has 0 saturated carbocycles. The van der Waals surface area contributed by atoms with Crippen LogP contribution in [0.1, 0.15) is 19.3 Å². The smallest absolute Gasteiger partial charge is 0.318 e.